The van der Waals surface area contributed by atoms with E-state index in [4.69, 9.17) is 46.4 Å². The Hall–Kier alpha value is -2.17. The van der Waals surface area contributed by atoms with Gasteiger partial charge in [-0.25, -0.2) is 15.0 Å². The van der Waals surface area contributed by atoms with Gasteiger partial charge in [0.1, 0.15) is 0 Å². The van der Waals surface area contributed by atoms with Gasteiger partial charge in [0, 0.05) is 36.8 Å². The summed E-state index contributed by atoms with van der Waals surface area (Å²) in [5, 5.41) is 1.99. The molecular formula is C21H11Cl4N3. The molecule has 0 unspecified atom stereocenters. The molecule has 0 bridgehead atoms. The second-order valence-electron chi connectivity index (χ2n) is 5.99. The summed E-state index contributed by atoms with van der Waals surface area (Å²) in [6.45, 7) is 0. The lowest BCUT2D eigenvalue weighted by atomic mass is 10.1. The van der Waals surface area contributed by atoms with Crippen molar-refractivity contribution in [1.82, 2.24) is 15.0 Å². The topological polar surface area (TPSA) is 38.7 Å². The number of nitrogens with zero attached hydrogens (tertiary/aromatic N) is 3. The SMILES string of the molecule is Clc1cc(Cl)cc(-c2nc(-c3ccccc3)nc(-c3cc(Cl)cc(Cl)c3)n2)c1. The first-order chi connectivity index (χ1) is 13.5. The monoisotopic (exact) mass is 445 g/mol. The number of aromatic nitrogens is 3. The fourth-order valence-electron chi connectivity index (χ4n) is 2.72. The Labute approximate surface area is 181 Å². The molecule has 138 valence electrons. The van der Waals surface area contributed by atoms with E-state index in [9.17, 15) is 0 Å². The van der Waals surface area contributed by atoms with Crippen molar-refractivity contribution in [2.45, 2.75) is 0 Å². The number of rotatable bonds is 3. The predicted molar refractivity (Wildman–Crippen MR) is 116 cm³/mol. The summed E-state index contributed by atoms with van der Waals surface area (Å²) in [5.74, 6) is 1.42. The summed E-state index contributed by atoms with van der Waals surface area (Å²) in [6, 6.07) is 20.0. The van der Waals surface area contributed by atoms with Gasteiger partial charge in [-0.2, -0.15) is 0 Å². The van der Waals surface area contributed by atoms with Crippen molar-refractivity contribution in [3.8, 4) is 34.2 Å². The van der Waals surface area contributed by atoms with E-state index < -0.39 is 0 Å². The molecule has 0 aliphatic heterocycles. The van der Waals surface area contributed by atoms with Crippen LogP contribution in [0.4, 0.5) is 0 Å². The standard InChI is InChI=1S/C21H11Cl4N3/c22-15-6-13(7-16(23)10-15)20-26-19(12-4-2-1-3-5-12)27-21(28-20)14-8-17(24)11-18(25)9-14/h1-11H. The third kappa shape index (κ3) is 4.29. The van der Waals surface area contributed by atoms with Crippen LogP contribution in [0.2, 0.25) is 20.1 Å². The van der Waals surface area contributed by atoms with Crippen molar-refractivity contribution in [1.29, 1.82) is 0 Å². The maximum absolute atomic E-state index is 6.16. The smallest absolute Gasteiger partial charge is 0.164 e. The number of hydrogen-bond donors (Lipinski definition) is 0. The molecule has 0 radical (unpaired) electrons. The van der Waals surface area contributed by atoms with Gasteiger partial charge in [-0.3, -0.25) is 0 Å². The average molecular weight is 447 g/mol. The molecule has 3 aromatic carbocycles. The fraction of sp³-hybridized carbons (Fsp3) is 0. The predicted octanol–water partition coefficient (Wildman–Crippen LogP) is 7.49. The van der Waals surface area contributed by atoms with E-state index in [-0.39, 0.29) is 0 Å². The Morgan fingerprint density at radius 3 is 1.18 bits per heavy atom. The van der Waals surface area contributed by atoms with Crippen LogP contribution < -0.4 is 0 Å². The molecule has 1 aromatic heterocycles. The third-order valence-corrected chi connectivity index (χ3v) is 4.78. The highest BCUT2D eigenvalue weighted by Crippen LogP contribution is 2.30. The van der Waals surface area contributed by atoms with Crippen LogP contribution in [0, 0.1) is 0 Å². The summed E-state index contributed by atoms with van der Waals surface area (Å²) >= 11 is 24.7. The molecule has 28 heavy (non-hydrogen) atoms. The Morgan fingerprint density at radius 1 is 0.429 bits per heavy atom. The van der Waals surface area contributed by atoms with Crippen LogP contribution >= 0.6 is 46.4 Å². The zero-order valence-electron chi connectivity index (χ0n) is 14.2. The van der Waals surface area contributed by atoms with Gasteiger partial charge in [0.2, 0.25) is 0 Å². The van der Waals surface area contributed by atoms with Crippen molar-refractivity contribution in [3.63, 3.8) is 0 Å². The van der Waals surface area contributed by atoms with Crippen LogP contribution in [-0.4, -0.2) is 15.0 Å². The van der Waals surface area contributed by atoms with Crippen LogP contribution in [0.1, 0.15) is 0 Å². The van der Waals surface area contributed by atoms with E-state index in [1.165, 1.54) is 0 Å². The number of hydrogen-bond acceptors (Lipinski definition) is 3. The highest BCUT2D eigenvalue weighted by molar-refractivity contribution is 6.35. The molecule has 0 amide bonds. The Morgan fingerprint density at radius 2 is 0.786 bits per heavy atom. The highest BCUT2D eigenvalue weighted by Gasteiger charge is 2.14. The number of halogens is 4. The third-order valence-electron chi connectivity index (χ3n) is 3.91. The summed E-state index contributed by atoms with van der Waals surface area (Å²) in [4.78, 5) is 13.8. The molecule has 0 aliphatic rings. The summed E-state index contributed by atoms with van der Waals surface area (Å²) in [5.41, 5.74) is 2.23. The lowest BCUT2D eigenvalue weighted by Crippen LogP contribution is -2.00. The van der Waals surface area contributed by atoms with Gasteiger partial charge >= 0.3 is 0 Å². The molecule has 0 saturated heterocycles. The van der Waals surface area contributed by atoms with Gasteiger partial charge in [0.15, 0.2) is 17.5 Å². The van der Waals surface area contributed by atoms with Crippen molar-refractivity contribution in [3.05, 3.63) is 86.8 Å². The molecule has 4 rings (SSSR count). The van der Waals surface area contributed by atoms with Crippen molar-refractivity contribution in [2.24, 2.45) is 0 Å². The van der Waals surface area contributed by atoms with E-state index in [2.05, 4.69) is 15.0 Å². The molecule has 4 aromatic rings. The molecule has 0 spiro atoms. The second kappa shape index (κ2) is 8.06. The lowest BCUT2D eigenvalue weighted by Gasteiger charge is -2.09. The van der Waals surface area contributed by atoms with Crippen LogP contribution in [0.5, 0.6) is 0 Å². The van der Waals surface area contributed by atoms with Crippen LogP contribution in [0.15, 0.2) is 66.7 Å². The Bertz CT molecular complexity index is 1050. The first-order valence-electron chi connectivity index (χ1n) is 8.22. The van der Waals surface area contributed by atoms with Crippen molar-refractivity contribution >= 4 is 46.4 Å². The quantitative estimate of drug-likeness (QED) is 0.327. The van der Waals surface area contributed by atoms with Gasteiger partial charge in [0.25, 0.3) is 0 Å². The molecule has 0 aliphatic carbocycles. The van der Waals surface area contributed by atoms with E-state index in [1.807, 2.05) is 30.3 Å². The molecule has 3 nitrogen and oxygen atoms in total. The van der Waals surface area contributed by atoms with Gasteiger partial charge in [-0.15, -0.1) is 0 Å². The molecule has 0 N–H and O–H groups in total. The van der Waals surface area contributed by atoms with Crippen LogP contribution in [0.3, 0.4) is 0 Å². The molecular weight excluding hydrogens is 436 g/mol. The number of benzene rings is 3. The summed E-state index contributed by atoms with van der Waals surface area (Å²) in [6.07, 6.45) is 0. The minimum absolute atomic E-state index is 0.448. The lowest BCUT2D eigenvalue weighted by molar-refractivity contribution is 1.07. The molecule has 0 fully saturated rings. The summed E-state index contributed by atoms with van der Waals surface area (Å²) in [7, 11) is 0. The van der Waals surface area contributed by atoms with Crippen molar-refractivity contribution < 1.29 is 0 Å². The van der Waals surface area contributed by atoms with E-state index in [0.29, 0.717) is 48.7 Å². The first-order valence-corrected chi connectivity index (χ1v) is 9.73. The molecule has 0 saturated carbocycles. The summed E-state index contributed by atoms with van der Waals surface area (Å²) < 4.78 is 0. The first kappa shape index (κ1) is 19.2. The highest BCUT2D eigenvalue weighted by atomic mass is 35.5. The average Bonchev–Trinajstić information content (AvgIpc) is 2.67. The largest absolute Gasteiger partial charge is 0.208 e. The fourth-order valence-corrected chi connectivity index (χ4v) is 3.77. The van der Waals surface area contributed by atoms with Gasteiger partial charge in [0.05, 0.1) is 0 Å². The molecule has 0 atom stereocenters. The van der Waals surface area contributed by atoms with Crippen LogP contribution in [-0.2, 0) is 0 Å². The Balaban J connectivity index is 1.95. The maximum atomic E-state index is 6.16. The Kier molecular flexibility index (Phi) is 5.51. The van der Waals surface area contributed by atoms with Crippen molar-refractivity contribution in [2.75, 3.05) is 0 Å². The minimum atomic E-state index is 0.448. The molecule has 7 heteroatoms. The minimum Gasteiger partial charge on any atom is -0.208 e. The zero-order valence-corrected chi connectivity index (χ0v) is 17.2. The van der Waals surface area contributed by atoms with E-state index in [1.54, 1.807) is 36.4 Å². The van der Waals surface area contributed by atoms with Gasteiger partial charge < -0.3 is 0 Å². The maximum Gasteiger partial charge on any atom is 0.164 e. The van der Waals surface area contributed by atoms with Gasteiger partial charge in [-0.05, 0) is 36.4 Å². The second-order valence-corrected chi connectivity index (χ2v) is 7.73. The zero-order chi connectivity index (χ0) is 19.7. The molecule has 1 heterocycles. The van der Waals surface area contributed by atoms with E-state index in [0.717, 1.165) is 5.56 Å². The normalized spacial score (nSPS) is 10.9. The van der Waals surface area contributed by atoms with Crippen LogP contribution in [0.25, 0.3) is 34.2 Å². The van der Waals surface area contributed by atoms with Gasteiger partial charge in [-0.1, -0.05) is 76.7 Å². The van der Waals surface area contributed by atoms with E-state index >= 15 is 0 Å².